The number of hydrogen-bond donors (Lipinski definition) is 0. The Kier molecular flexibility index (Phi) is 7.74. The minimum Gasteiger partial charge on any atom is -0.0882 e. The molecule has 0 aliphatic rings. The fourth-order valence-electron chi connectivity index (χ4n) is 0.866. The first kappa shape index (κ1) is 17.9. The van der Waals surface area contributed by atoms with Gasteiger partial charge >= 0.3 is 0 Å². The van der Waals surface area contributed by atoms with Crippen LogP contribution in [0.3, 0.4) is 0 Å². The third-order valence-corrected chi connectivity index (χ3v) is 3.23. The van der Waals surface area contributed by atoms with Gasteiger partial charge in [0.1, 0.15) is 0 Å². The SMILES string of the molecule is C/C=C(/C)C(C)(C)C.C/C=C(\C)C(C)(C)C. The number of rotatable bonds is 0. The van der Waals surface area contributed by atoms with Gasteiger partial charge in [0, 0.05) is 0 Å². The van der Waals surface area contributed by atoms with Crippen molar-refractivity contribution < 1.29 is 0 Å². The lowest BCUT2D eigenvalue weighted by Crippen LogP contribution is -2.05. The Bertz CT molecular complexity index is 210. The smallest absolute Gasteiger partial charge is 0.0176 e. The topological polar surface area (TPSA) is 0 Å². The van der Waals surface area contributed by atoms with Crippen LogP contribution in [0.1, 0.15) is 69.2 Å². The van der Waals surface area contributed by atoms with Gasteiger partial charge in [0.25, 0.3) is 0 Å². The second-order valence-electron chi connectivity index (χ2n) is 6.44. The van der Waals surface area contributed by atoms with Crippen molar-refractivity contribution in [3.05, 3.63) is 23.3 Å². The molecule has 0 unspecified atom stereocenters. The summed E-state index contributed by atoms with van der Waals surface area (Å²) >= 11 is 0. The Morgan fingerprint density at radius 1 is 0.625 bits per heavy atom. The summed E-state index contributed by atoms with van der Waals surface area (Å²) in [5.74, 6) is 0. The molecule has 0 aromatic heterocycles. The van der Waals surface area contributed by atoms with Crippen LogP contribution in [0.2, 0.25) is 0 Å². The van der Waals surface area contributed by atoms with Crippen LogP contribution in [0.5, 0.6) is 0 Å². The van der Waals surface area contributed by atoms with Crippen LogP contribution in [0.25, 0.3) is 0 Å². The lowest BCUT2D eigenvalue weighted by atomic mass is 9.88. The minimum absolute atomic E-state index is 0.370. The van der Waals surface area contributed by atoms with Crippen molar-refractivity contribution in [2.75, 3.05) is 0 Å². The molecule has 0 aliphatic heterocycles. The zero-order chi connectivity index (χ0) is 13.6. The van der Waals surface area contributed by atoms with Crippen molar-refractivity contribution in [2.24, 2.45) is 10.8 Å². The van der Waals surface area contributed by atoms with E-state index in [9.17, 15) is 0 Å². The molecule has 0 rings (SSSR count). The predicted molar refractivity (Wildman–Crippen MR) is 77.8 cm³/mol. The van der Waals surface area contributed by atoms with Crippen LogP contribution in [0, 0.1) is 10.8 Å². The maximum absolute atomic E-state index is 2.22. The molecule has 0 nitrogen and oxygen atoms in total. The van der Waals surface area contributed by atoms with E-state index in [4.69, 9.17) is 0 Å². The molecule has 0 saturated heterocycles. The normalized spacial score (nSPS) is 14.4. The fourth-order valence-corrected chi connectivity index (χ4v) is 0.866. The second-order valence-corrected chi connectivity index (χ2v) is 6.44. The first-order valence-electron chi connectivity index (χ1n) is 6.23. The number of hydrogen-bond acceptors (Lipinski definition) is 0. The maximum atomic E-state index is 2.22. The van der Waals surface area contributed by atoms with Crippen molar-refractivity contribution in [3.63, 3.8) is 0 Å². The van der Waals surface area contributed by atoms with E-state index in [1.807, 2.05) is 0 Å². The predicted octanol–water partition coefficient (Wildman–Crippen LogP) is 6.00. The fraction of sp³-hybridized carbons (Fsp3) is 0.750. The molecule has 0 spiro atoms. The molecule has 0 heterocycles. The van der Waals surface area contributed by atoms with Gasteiger partial charge in [0.15, 0.2) is 0 Å². The summed E-state index contributed by atoms with van der Waals surface area (Å²) in [7, 11) is 0. The molecule has 0 fully saturated rings. The molecule has 0 radical (unpaired) electrons. The van der Waals surface area contributed by atoms with Gasteiger partial charge < -0.3 is 0 Å². The average Bonchev–Trinajstić information content (AvgIpc) is 2.13. The third kappa shape index (κ3) is 8.76. The van der Waals surface area contributed by atoms with Crippen molar-refractivity contribution in [3.8, 4) is 0 Å². The summed E-state index contributed by atoms with van der Waals surface area (Å²) in [5.41, 5.74) is 3.65. The first-order chi connectivity index (χ1) is 6.96. The van der Waals surface area contributed by atoms with Crippen molar-refractivity contribution in [1.82, 2.24) is 0 Å². The molecule has 0 bridgehead atoms. The molecule has 16 heavy (non-hydrogen) atoms. The van der Waals surface area contributed by atoms with Crippen LogP contribution in [0.15, 0.2) is 23.3 Å². The largest absolute Gasteiger partial charge is 0.0882 e. The highest BCUT2D eigenvalue weighted by Gasteiger charge is 2.10. The van der Waals surface area contributed by atoms with Crippen LogP contribution < -0.4 is 0 Å². The second kappa shape index (κ2) is 6.93. The molecule has 0 aromatic carbocycles. The van der Waals surface area contributed by atoms with Gasteiger partial charge in [-0.2, -0.15) is 0 Å². The van der Waals surface area contributed by atoms with E-state index in [1.54, 1.807) is 0 Å². The van der Waals surface area contributed by atoms with Crippen molar-refractivity contribution >= 4 is 0 Å². The summed E-state index contributed by atoms with van der Waals surface area (Å²) < 4.78 is 0. The maximum Gasteiger partial charge on any atom is -0.0176 e. The Morgan fingerprint density at radius 2 is 0.812 bits per heavy atom. The zero-order valence-corrected chi connectivity index (χ0v) is 13.2. The van der Waals surface area contributed by atoms with Crippen LogP contribution >= 0.6 is 0 Å². The van der Waals surface area contributed by atoms with Crippen LogP contribution in [0.4, 0.5) is 0 Å². The Hall–Kier alpha value is -0.520. The van der Waals surface area contributed by atoms with E-state index in [1.165, 1.54) is 11.1 Å². The van der Waals surface area contributed by atoms with E-state index >= 15 is 0 Å². The first-order valence-corrected chi connectivity index (χ1v) is 6.23. The zero-order valence-electron chi connectivity index (χ0n) is 13.2. The van der Waals surface area contributed by atoms with Gasteiger partial charge in [-0.25, -0.2) is 0 Å². The lowest BCUT2D eigenvalue weighted by molar-refractivity contribution is 0.503. The summed E-state index contributed by atoms with van der Waals surface area (Å²) in [4.78, 5) is 0. The summed E-state index contributed by atoms with van der Waals surface area (Å²) in [6.07, 6.45) is 4.33. The standard InChI is InChI=1S/2C8H16/c2*1-6-7(2)8(3,4)5/h2*6H,1-5H3/b7-6+;7-6-. The highest BCUT2D eigenvalue weighted by atomic mass is 14.2. The van der Waals surface area contributed by atoms with Gasteiger partial charge in [0.05, 0.1) is 0 Å². The summed E-state index contributed by atoms with van der Waals surface area (Å²) in [5, 5.41) is 0. The van der Waals surface area contributed by atoms with Crippen LogP contribution in [-0.4, -0.2) is 0 Å². The van der Waals surface area contributed by atoms with E-state index in [-0.39, 0.29) is 0 Å². The van der Waals surface area contributed by atoms with E-state index < -0.39 is 0 Å². The number of allylic oxidation sites excluding steroid dienone is 4. The molecule has 0 aromatic rings. The molecule has 96 valence electrons. The molecule has 0 atom stereocenters. The minimum atomic E-state index is 0.370. The summed E-state index contributed by atoms with van der Waals surface area (Å²) in [6.45, 7) is 21.8. The quantitative estimate of drug-likeness (QED) is 0.443. The van der Waals surface area contributed by atoms with Gasteiger partial charge in [-0.3, -0.25) is 0 Å². The lowest BCUT2D eigenvalue weighted by Gasteiger charge is -2.18. The molecule has 0 aliphatic carbocycles. The van der Waals surface area contributed by atoms with Crippen molar-refractivity contribution in [2.45, 2.75) is 69.2 Å². The van der Waals surface area contributed by atoms with Gasteiger partial charge in [-0.15, -0.1) is 0 Å². The van der Waals surface area contributed by atoms with Gasteiger partial charge in [-0.05, 0) is 38.5 Å². The Labute approximate surface area is 104 Å². The highest BCUT2D eigenvalue weighted by molar-refractivity contribution is 5.05. The molecular weight excluding hydrogens is 192 g/mol. The molecule has 0 N–H and O–H groups in total. The Balaban J connectivity index is 0. The van der Waals surface area contributed by atoms with Gasteiger partial charge in [-0.1, -0.05) is 64.8 Å². The van der Waals surface area contributed by atoms with E-state index in [0.717, 1.165) is 0 Å². The highest BCUT2D eigenvalue weighted by Crippen LogP contribution is 2.24. The van der Waals surface area contributed by atoms with Crippen LogP contribution in [-0.2, 0) is 0 Å². The monoisotopic (exact) mass is 224 g/mol. The van der Waals surface area contributed by atoms with Crippen molar-refractivity contribution in [1.29, 1.82) is 0 Å². The van der Waals surface area contributed by atoms with Gasteiger partial charge in [0.2, 0.25) is 0 Å². The molecule has 0 saturated carbocycles. The molecule has 0 amide bonds. The average molecular weight is 224 g/mol. The Morgan fingerprint density at radius 3 is 0.812 bits per heavy atom. The summed E-state index contributed by atoms with van der Waals surface area (Å²) in [6, 6.07) is 0. The van der Waals surface area contributed by atoms with E-state index in [0.29, 0.717) is 10.8 Å². The molecular formula is C16H32. The third-order valence-electron chi connectivity index (χ3n) is 3.23. The van der Waals surface area contributed by atoms with E-state index in [2.05, 4.69) is 81.4 Å². The molecule has 0 heteroatoms.